The molecular formula is C18H13N3O6. The van der Waals surface area contributed by atoms with Crippen molar-refractivity contribution in [2.75, 3.05) is 13.2 Å². The van der Waals surface area contributed by atoms with E-state index >= 15 is 0 Å². The molecular weight excluding hydrogens is 354 g/mol. The summed E-state index contributed by atoms with van der Waals surface area (Å²) in [6.45, 7) is 0.983. The molecule has 4 rings (SSSR count). The summed E-state index contributed by atoms with van der Waals surface area (Å²) in [5.41, 5.74) is 1.18. The van der Waals surface area contributed by atoms with Gasteiger partial charge in [0.2, 0.25) is 5.89 Å². The van der Waals surface area contributed by atoms with Gasteiger partial charge in [0.1, 0.15) is 13.2 Å². The first kappa shape index (κ1) is 16.6. The number of aliphatic imine (C=N–C) groups is 1. The molecule has 2 heterocycles. The van der Waals surface area contributed by atoms with Crippen LogP contribution in [0.1, 0.15) is 5.69 Å². The van der Waals surface area contributed by atoms with Crippen LogP contribution in [0.2, 0.25) is 0 Å². The van der Waals surface area contributed by atoms with E-state index in [-0.39, 0.29) is 17.3 Å². The summed E-state index contributed by atoms with van der Waals surface area (Å²) in [5, 5.41) is 20.6. The summed E-state index contributed by atoms with van der Waals surface area (Å²) in [6.07, 6.45) is 1.36. The maximum atomic E-state index is 10.7. The van der Waals surface area contributed by atoms with Gasteiger partial charge >= 0.3 is 5.95 Å². The van der Waals surface area contributed by atoms with Crippen LogP contribution in [0, 0.1) is 10.1 Å². The second-order valence-electron chi connectivity index (χ2n) is 5.60. The van der Waals surface area contributed by atoms with Gasteiger partial charge < -0.3 is 19.0 Å². The Hall–Kier alpha value is -3.88. The molecule has 1 aliphatic rings. The number of benzene rings is 2. The largest absolute Gasteiger partial charge is 0.486 e. The summed E-state index contributed by atoms with van der Waals surface area (Å²) in [6, 6.07) is 10.9. The van der Waals surface area contributed by atoms with E-state index in [1.807, 2.05) is 0 Å². The van der Waals surface area contributed by atoms with Crippen LogP contribution in [-0.4, -0.2) is 34.4 Å². The molecule has 0 aliphatic carbocycles. The number of aromatic nitrogens is 1. The third kappa shape index (κ3) is 3.43. The zero-order valence-electron chi connectivity index (χ0n) is 13.9. The number of aromatic hydroxyl groups is 1. The van der Waals surface area contributed by atoms with Crippen molar-refractivity contribution in [3.63, 3.8) is 0 Å². The van der Waals surface area contributed by atoms with Crippen LogP contribution in [0.3, 0.4) is 0 Å². The molecule has 1 N–H and O–H groups in total. The summed E-state index contributed by atoms with van der Waals surface area (Å²) in [4.78, 5) is 18.6. The lowest BCUT2D eigenvalue weighted by molar-refractivity contribution is -0.384. The minimum absolute atomic E-state index is 0.0464. The molecule has 0 spiro atoms. The van der Waals surface area contributed by atoms with Crippen molar-refractivity contribution >= 4 is 17.6 Å². The number of fused-ring (bicyclic) bond motifs is 1. The molecule has 0 unspecified atom stereocenters. The van der Waals surface area contributed by atoms with Crippen LogP contribution in [0.5, 0.6) is 17.4 Å². The first-order chi connectivity index (χ1) is 13.1. The van der Waals surface area contributed by atoms with E-state index in [2.05, 4.69) is 9.98 Å². The average molecular weight is 367 g/mol. The molecule has 2 aromatic carbocycles. The summed E-state index contributed by atoms with van der Waals surface area (Å²) >= 11 is 0. The van der Waals surface area contributed by atoms with E-state index in [0.29, 0.717) is 36.0 Å². The first-order valence-corrected chi connectivity index (χ1v) is 7.98. The van der Waals surface area contributed by atoms with Gasteiger partial charge in [-0.25, -0.2) is 4.98 Å². The molecule has 27 heavy (non-hydrogen) atoms. The molecule has 0 atom stereocenters. The molecule has 9 heteroatoms. The Morgan fingerprint density at radius 3 is 2.59 bits per heavy atom. The van der Waals surface area contributed by atoms with Gasteiger partial charge in [-0.15, -0.1) is 0 Å². The highest BCUT2D eigenvalue weighted by Crippen LogP contribution is 2.34. The normalized spacial score (nSPS) is 13.0. The lowest BCUT2D eigenvalue weighted by atomic mass is 10.2. The number of ether oxygens (including phenoxy) is 2. The summed E-state index contributed by atoms with van der Waals surface area (Å²) in [5.74, 6) is 0.993. The van der Waals surface area contributed by atoms with Gasteiger partial charge in [0.05, 0.1) is 16.8 Å². The van der Waals surface area contributed by atoms with Crippen LogP contribution in [-0.2, 0) is 0 Å². The van der Waals surface area contributed by atoms with Crippen LogP contribution in [0.15, 0.2) is 51.9 Å². The Morgan fingerprint density at radius 2 is 1.85 bits per heavy atom. The second-order valence-corrected chi connectivity index (χ2v) is 5.60. The second kappa shape index (κ2) is 6.79. The Bertz CT molecular complexity index is 1030. The van der Waals surface area contributed by atoms with Crippen molar-refractivity contribution in [2.45, 2.75) is 0 Å². The summed E-state index contributed by atoms with van der Waals surface area (Å²) in [7, 11) is 0. The van der Waals surface area contributed by atoms with Crippen molar-refractivity contribution in [3.8, 4) is 28.9 Å². The topological polar surface area (TPSA) is 120 Å². The fraction of sp³-hybridized carbons (Fsp3) is 0.111. The number of non-ortho nitro benzene ring substituents is 1. The van der Waals surface area contributed by atoms with E-state index in [9.17, 15) is 15.2 Å². The van der Waals surface area contributed by atoms with E-state index in [0.717, 1.165) is 0 Å². The molecule has 136 valence electrons. The quantitative estimate of drug-likeness (QED) is 0.426. The zero-order chi connectivity index (χ0) is 18.8. The molecule has 9 nitrogen and oxygen atoms in total. The van der Waals surface area contributed by atoms with Gasteiger partial charge in [0, 0.05) is 23.8 Å². The van der Waals surface area contributed by atoms with Gasteiger partial charge in [-0.05, 0) is 24.3 Å². The smallest absolute Gasteiger partial charge is 0.312 e. The van der Waals surface area contributed by atoms with E-state index in [1.54, 1.807) is 18.2 Å². The number of oxazole rings is 1. The number of hydrogen-bond acceptors (Lipinski definition) is 8. The predicted octanol–water partition coefficient (Wildman–Crippen LogP) is 3.48. The number of nitrogens with zero attached hydrogens (tertiary/aromatic N) is 3. The summed E-state index contributed by atoms with van der Waals surface area (Å²) < 4.78 is 16.2. The predicted molar refractivity (Wildman–Crippen MR) is 94.9 cm³/mol. The van der Waals surface area contributed by atoms with Crippen LogP contribution in [0.4, 0.5) is 11.4 Å². The lowest BCUT2D eigenvalue weighted by Gasteiger charge is -2.18. The molecule has 0 bridgehead atoms. The maximum Gasteiger partial charge on any atom is 0.312 e. The number of rotatable bonds is 4. The first-order valence-electron chi connectivity index (χ1n) is 7.98. The van der Waals surface area contributed by atoms with Gasteiger partial charge in [0.25, 0.3) is 5.69 Å². The monoisotopic (exact) mass is 367 g/mol. The SMILES string of the molecule is O=[N+]([O-])c1ccc(-c2nc(C=Nc3ccc4c(c3)OCCO4)c(O)o2)cc1. The highest BCUT2D eigenvalue weighted by Gasteiger charge is 2.15. The van der Waals surface area contributed by atoms with Crippen molar-refractivity contribution in [1.29, 1.82) is 0 Å². The molecule has 0 radical (unpaired) electrons. The van der Waals surface area contributed by atoms with Gasteiger partial charge in [-0.2, -0.15) is 0 Å². The third-order valence-corrected chi connectivity index (χ3v) is 3.82. The van der Waals surface area contributed by atoms with Crippen molar-refractivity contribution in [1.82, 2.24) is 4.98 Å². The Balaban J connectivity index is 1.56. The van der Waals surface area contributed by atoms with E-state index in [4.69, 9.17) is 13.9 Å². The molecule has 0 amide bonds. The standard InChI is InChI=1S/C18H13N3O6/c22-18-14(10-19-12-3-6-15-16(9-12)26-8-7-25-15)20-17(27-18)11-1-4-13(5-2-11)21(23)24/h1-6,9-10,22H,7-8H2. The minimum atomic E-state index is -0.498. The maximum absolute atomic E-state index is 10.7. The number of nitro benzene ring substituents is 1. The van der Waals surface area contributed by atoms with Crippen molar-refractivity contribution < 1.29 is 23.9 Å². The van der Waals surface area contributed by atoms with Crippen LogP contribution in [0.25, 0.3) is 11.5 Å². The van der Waals surface area contributed by atoms with Crippen LogP contribution >= 0.6 is 0 Å². The number of nitro groups is 1. The molecule has 3 aromatic rings. The number of hydrogen-bond donors (Lipinski definition) is 1. The van der Waals surface area contributed by atoms with Gasteiger partial charge in [-0.3, -0.25) is 15.1 Å². The average Bonchev–Trinajstić information content (AvgIpc) is 3.07. The fourth-order valence-electron chi connectivity index (χ4n) is 2.51. The Labute approximate surface area is 152 Å². The van der Waals surface area contributed by atoms with Crippen LogP contribution < -0.4 is 9.47 Å². The van der Waals surface area contributed by atoms with Gasteiger partial charge in [-0.1, -0.05) is 0 Å². The minimum Gasteiger partial charge on any atom is -0.486 e. The molecule has 1 aliphatic heterocycles. The zero-order valence-corrected chi connectivity index (χ0v) is 13.9. The molecule has 0 saturated heterocycles. The Kier molecular flexibility index (Phi) is 4.17. The lowest BCUT2D eigenvalue weighted by Crippen LogP contribution is -2.14. The van der Waals surface area contributed by atoms with Gasteiger partial charge in [0.15, 0.2) is 17.2 Å². The highest BCUT2D eigenvalue weighted by atomic mass is 16.6. The molecule has 1 aromatic heterocycles. The fourth-order valence-corrected chi connectivity index (χ4v) is 2.51. The third-order valence-electron chi connectivity index (χ3n) is 3.82. The molecule has 0 saturated carbocycles. The van der Waals surface area contributed by atoms with Crippen molar-refractivity contribution in [3.05, 3.63) is 58.3 Å². The van der Waals surface area contributed by atoms with E-state index < -0.39 is 10.9 Å². The molecule has 0 fully saturated rings. The van der Waals surface area contributed by atoms with E-state index in [1.165, 1.54) is 30.5 Å². The Morgan fingerprint density at radius 1 is 1.11 bits per heavy atom. The van der Waals surface area contributed by atoms with Crippen molar-refractivity contribution in [2.24, 2.45) is 4.99 Å². The highest BCUT2D eigenvalue weighted by molar-refractivity contribution is 5.83.